The highest BCUT2D eigenvalue weighted by Gasteiger charge is 2.65. The van der Waals surface area contributed by atoms with Crippen molar-refractivity contribution >= 4 is 35.6 Å². The zero-order valence-corrected chi connectivity index (χ0v) is 60.4. The van der Waals surface area contributed by atoms with Gasteiger partial charge >= 0.3 is 11.9 Å². The molecule has 0 aliphatic carbocycles. The van der Waals surface area contributed by atoms with E-state index in [1.54, 1.807) is 0 Å². The summed E-state index contributed by atoms with van der Waals surface area (Å²) in [5.41, 5.74) is 0. The largest absolute Gasteiger partial charge is 0.477 e. The molecule has 0 radical (unpaired) electrons. The quantitative estimate of drug-likeness (QED) is 0.0297. The SMILES string of the molecule is CC(=O)NC1C(OC(C(O)CO)C2OC(OC3C(O)C(CO)OC(OC4C(O)C(CO)OC(OC(C(O)CO)C5OC(O)(C(=O)O)CC(O)C5NC(C)=O)C4NC(C)=O)C3OC3OC(CO)C(O)C(O)C3O)(C(=O)O)CC(O)C2NC(C)=O)OC(CO)C(O)C1OC1OC(CO)C(O)C(O)C1OC1OC(CO)C(O)C(O)C1O. The normalized spacial score (nSPS) is 45.6. The van der Waals surface area contributed by atoms with Crippen molar-refractivity contribution in [3.63, 3.8) is 0 Å². The molecule has 0 saturated carbocycles. The summed E-state index contributed by atoms with van der Waals surface area (Å²) in [5.74, 6) is -16.0. The Morgan fingerprint density at radius 3 is 1.04 bits per heavy atom. The number of carbonyl (C=O) groups excluding carboxylic acids is 4. The number of aliphatic hydroxyl groups is 24. The molecule has 8 saturated heterocycles. The number of carboxylic acid groups (broad SMARTS) is 2. The average molecular weight is 1660 g/mol. The topological polar surface area (TPSA) is 815 Å². The summed E-state index contributed by atoms with van der Waals surface area (Å²) in [5, 5.41) is 298. The van der Waals surface area contributed by atoms with E-state index in [0.717, 1.165) is 27.7 Å². The number of hydrogen-bond acceptors (Lipinski definition) is 45. The molecule has 8 fully saturated rings. The Kier molecular flexibility index (Phi) is 33.1. The Balaban J connectivity index is 1.22. The molecule has 51 heteroatoms. The van der Waals surface area contributed by atoms with Gasteiger partial charge in [0.2, 0.25) is 23.6 Å². The van der Waals surface area contributed by atoms with Crippen molar-refractivity contribution in [1.82, 2.24) is 21.3 Å². The molecule has 42 atom stereocenters. The molecular weight excluding hydrogens is 1550 g/mol. The van der Waals surface area contributed by atoms with Gasteiger partial charge < -0.3 is 225 Å². The summed E-state index contributed by atoms with van der Waals surface area (Å²) in [4.78, 5) is 79.4. The van der Waals surface area contributed by atoms with Crippen LogP contribution in [-0.4, -0.2) is 478 Å². The maximum absolute atomic E-state index is 14.5. The first-order valence-electron chi connectivity index (χ1n) is 35.4. The number of amides is 4. The minimum atomic E-state index is -3.76. The van der Waals surface area contributed by atoms with Gasteiger partial charge in [-0.1, -0.05) is 0 Å². The molecule has 8 aliphatic heterocycles. The maximum Gasteiger partial charge on any atom is 0.364 e. The van der Waals surface area contributed by atoms with Crippen molar-refractivity contribution in [2.75, 3.05) is 52.9 Å². The van der Waals surface area contributed by atoms with Crippen LogP contribution in [0.2, 0.25) is 0 Å². The number of carboxylic acids is 2. The molecule has 8 rings (SSSR count). The van der Waals surface area contributed by atoms with Crippen LogP contribution in [0, 0.1) is 0 Å². The molecule has 0 aromatic carbocycles. The van der Waals surface area contributed by atoms with E-state index in [-0.39, 0.29) is 0 Å². The van der Waals surface area contributed by atoms with Crippen molar-refractivity contribution in [3.8, 4) is 0 Å². The molecule has 652 valence electrons. The van der Waals surface area contributed by atoms with E-state index >= 15 is 0 Å². The molecule has 0 spiro atoms. The lowest BCUT2D eigenvalue weighted by Gasteiger charge is -2.53. The highest BCUT2D eigenvalue weighted by Crippen LogP contribution is 2.44. The van der Waals surface area contributed by atoms with Crippen LogP contribution in [0.4, 0.5) is 0 Å². The number of ether oxygens (including phenoxy) is 15. The molecule has 0 bridgehead atoms. The molecule has 8 aliphatic rings. The van der Waals surface area contributed by atoms with Crippen molar-refractivity contribution in [3.05, 3.63) is 0 Å². The monoisotopic (exact) mass is 1650 g/mol. The van der Waals surface area contributed by atoms with Crippen molar-refractivity contribution in [2.45, 2.75) is 297 Å². The van der Waals surface area contributed by atoms with Crippen molar-refractivity contribution < 1.29 is 233 Å². The Morgan fingerprint density at radius 1 is 0.363 bits per heavy atom. The average Bonchev–Trinajstić information content (AvgIpc) is 0.742. The third-order valence-corrected chi connectivity index (χ3v) is 20.2. The van der Waals surface area contributed by atoms with Gasteiger partial charge in [0.1, 0.15) is 183 Å². The standard InChI is InChI=1S/C62H102N4O47/c1-15(75)63-29-19(79)5-61(98,59(94)95)111-48(29)44(21(81)7-67)105-53-32(66-18(4)78)47(37(87)27(13-73)99-53)108-58-52(110-56-43(93)40(90)34(84)24(10-70)102-56)50(38(88)28(14-74)104-58)113-62(60(96)97)6-20(80)30(64-16(2)76)49(112-62)45(22(82)8-68)106-54-31(65-17(3)77)46(36(86)26(12-72)100-54)107-57-51(41(91)35(85)25(11-71)103-57)109-55-42(92)39(89)33(83)23(9-69)101-55/h19-58,67-74,79-93,98H,5-14H2,1-4H3,(H,63,75)(H,64,76)(H,65,77)(H,66,78)(H,94,95)(H,96,97). The van der Waals surface area contributed by atoms with Crippen LogP contribution in [-0.2, 0) is 99.8 Å². The zero-order valence-electron chi connectivity index (χ0n) is 60.4. The Hall–Kier alpha value is -4.74. The second-order valence-corrected chi connectivity index (χ2v) is 28.2. The summed E-state index contributed by atoms with van der Waals surface area (Å²) in [6.45, 7) is -6.86. The number of aliphatic carboxylic acids is 2. The van der Waals surface area contributed by atoms with Crippen LogP contribution in [0.5, 0.6) is 0 Å². The smallest absolute Gasteiger partial charge is 0.364 e. The summed E-state index contributed by atoms with van der Waals surface area (Å²) in [6, 6.07) is -8.43. The van der Waals surface area contributed by atoms with Gasteiger partial charge in [0.25, 0.3) is 11.6 Å². The molecule has 30 N–H and O–H groups in total. The van der Waals surface area contributed by atoms with Gasteiger partial charge in [-0.2, -0.15) is 0 Å². The molecule has 4 amide bonds. The van der Waals surface area contributed by atoms with E-state index in [4.69, 9.17) is 71.1 Å². The van der Waals surface area contributed by atoms with E-state index in [0.29, 0.717) is 0 Å². The van der Waals surface area contributed by atoms with E-state index in [1.807, 2.05) is 0 Å². The minimum absolute atomic E-state index is 0.824. The fourth-order valence-electron chi connectivity index (χ4n) is 14.4. The molecule has 0 aromatic rings. The van der Waals surface area contributed by atoms with Crippen LogP contribution in [0.1, 0.15) is 40.5 Å². The van der Waals surface area contributed by atoms with Crippen LogP contribution in [0.15, 0.2) is 0 Å². The Bertz CT molecular complexity index is 3110. The Labute approximate surface area is 637 Å². The van der Waals surface area contributed by atoms with Crippen LogP contribution < -0.4 is 21.3 Å². The van der Waals surface area contributed by atoms with Gasteiger partial charge in [-0.15, -0.1) is 0 Å². The van der Waals surface area contributed by atoms with E-state index < -0.39 is 358 Å². The number of nitrogens with one attached hydrogen (secondary N) is 4. The fraction of sp³-hybridized carbons (Fsp3) is 0.903. The van der Waals surface area contributed by atoms with Crippen molar-refractivity contribution in [1.29, 1.82) is 0 Å². The maximum atomic E-state index is 14.5. The molecular formula is C62H102N4O47. The first kappa shape index (κ1) is 93.8. The molecule has 51 nitrogen and oxygen atoms in total. The third-order valence-electron chi connectivity index (χ3n) is 20.2. The predicted molar refractivity (Wildman–Crippen MR) is 345 cm³/mol. The van der Waals surface area contributed by atoms with E-state index in [1.165, 1.54) is 0 Å². The van der Waals surface area contributed by atoms with Gasteiger partial charge in [0.15, 0.2) is 37.7 Å². The number of hydrogen-bond donors (Lipinski definition) is 30. The molecule has 42 unspecified atom stereocenters. The minimum Gasteiger partial charge on any atom is -0.477 e. The lowest BCUT2D eigenvalue weighted by atomic mass is 9.87. The first-order valence-corrected chi connectivity index (χ1v) is 35.4. The summed E-state index contributed by atoms with van der Waals surface area (Å²) >= 11 is 0. The van der Waals surface area contributed by atoms with Gasteiger partial charge in [-0.05, 0) is 0 Å². The van der Waals surface area contributed by atoms with Crippen LogP contribution in [0.25, 0.3) is 0 Å². The summed E-state index contributed by atoms with van der Waals surface area (Å²) in [7, 11) is 0. The van der Waals surface area contributed by atoms with Gasteiger partial charge in [0, 0.05) is 40.5 Å². The van der Waals surface area contributed by atoms with Gasteiger partial charge in [-0.3, -0.25) is 19.2 Å². The molecule has 113 heavy (non-hydrogen) atoms. The first-order chi connectivity index (χ1) is 53.1. The van der Waals surface area contributed by atoms with Gasteiger partial charge in [0.05, 0.1) is 77.1 Å². The lowest BCUT2D eigenvalue weighted by molar-refractivity contribution is -0.410. The van der Waals surface area contributed by atoms with Crippen LogP contribution >= 0.6 is 0 Å². The zero-order chi connectivity index (χ0) is 84.1. The molecule has 0 aromatic heterocycles. The third kappa shape index (κ3) is 20.6. The van der Waals surface area contributed by atoms with Gasteiger partial charge in [-0.25, -0.2) is 9.59 Å². The second-order valence-electron chi connectivity index (χ2n) is 28.2. The number of aliphatic hydroxyl groups excluding tert-OH is 23. The van der Waals surface area contributed by atoms with E-state index in [2.05, 4.69) is 21.3 Å². The van der Waals surface area contributed by atoms with Crippen molar-refractivity contribution in [2.24, 2.45) is 0 Å². The molecule has 8 heterocycles. The second kappa shape index (κ2) is 39.9. The van der Waals surface area contributed by atoms with E-state index in [9.17, 15) is 162 Å². The summed E-state index contributed by atoms with van der Waals surface area (Å²) < 4.78 is 89.3. The highest BCUT2D eigenvalue weighted by molar-refractivity contribution is 5.77. The lowest BCUT2D eigenvalue weighted by Crippen LogP contribution is -2.73. The predicted octanol–water partition coefficient (Wildman–Crippen LogP) is -19.5. The number of carbonyl (C=O) groups is 6. The summed E-state index contributed by atoms with van der Waals surface area (Å²) in [6.07, 6.45) is -85.9. The Morgan fingerprint density at radius 2 is 0.673 bits per heavy atom. The fourth-order valence-corrected chi connectivity index (χ4v) is 14.4. The highest BCUT2D eigenvalue weighted by atomic mass is 16.8. The number of rotatable bonds is 32. The van der Waals surface area contributed by atoms with Crippen LogP contribution in [0.3, 0.4) is 0 Å².